The van der Waals surface area contributed by atoms with E-state index in [0.29, 0.717) is 17.9 Å². The van der Waals surface area contributed by atoms with Gasteiger partial charge in [0.1, 0.15) is 18.2 Å². The molecule has 0 aliphatic carbocycles. The van der Waals surface area contributed by atoms with Crippen molar-refractivity contribution in [3.05, 3.63) is 63.4 Å². The maximum Gasteiger partial charge on any atom is 0.134 e. The molecule has 0 spiro atoms. The summed E-state index contributed by atoms with van der Waals surface area (Å²) in [5, 5.41) is 8.80. The Morgan fingerprint density at radius 1 is 1.20 bits per heavy atom. The van der Waals surface area contributed by atoms with Crippen LogP contribution in [0.25, 0.3) is 0 Å². The van der Waals surface area contributed by atoms with Crippen molar-refractivity contribution in [3.63, 3.8) is 0 Å². The third kappa shape index (κ3) is 3.56. The summed E-state index contributed by atoms with van der Waals surface area (Å²) in [6.45, 7) is 0.640. The fourth-order valence-corrected chi connectivity index (χ4v) is 2.29. The van der Waals surface area contributed by atoms with E-state index in [0.717, 1.165) is 10.0 Å². The van der Waals surface area contributed by atoms with Crippen LogP contribution in [-0.4, -0.2) is 0 Å². The fraction of sp³-hybridized carbons (Fsp3) is 0.133. The van der Waals surface area contributed by atoms with Gasteiger partial charge in [0, 0.05) is 6.54 Å². The predicted octanol–water partition coefficient (Wildman–Crippen LogP) is 3.50. The van der Waals surface area contributed by atoms with Crippen LogP contribution in [0.1, 0.15) is 16.7 Å². The predicted molar refractivity (Wildman–Crippen MR) is 77.5 cm³/mol. The summed E-state index contributed by atoms with van der Waals surface area (Å²) in [5.74, 6) is 0.199. The van der Waals surface area contributed by atoms with E-state index in [2.05, 4.69) is 15.9 Å². The van der Waals surface area contributed by atoms with Gasteiger partial charge in [-0.2, -0.15) is 5.26 Å². The Kier molecular flexibility index (Phi) is 4.72. The zero-order valence-electron chi connectivity index (χ0n) is 10.6. The van der Waals surface area contributed by atoms with Gasteiger partial charge in [-0.1, -0.05) is 6.07 Å². The molecule has 20 heavy (non-hydrogen) atoms. The minimum Gasteiger partial charge on any atom is -0.488 e. The number of nitrogens with zero attached hydrogens (tertiary/aromatic N) is 1. The zero-order valence-corrected chi connectivity index (χ0v) is 12.2. The van der Waals surface area contributed by atoms with Crippen molar-refractivity contribution >= 4 is 15.9 Å². The highest BCUT2D eigenvalue weighted by molar-refractivity contribution is 9.10. The van der Waals surface area contributed by atoms with Crippen LogP contribution >= 0.6 is 15.9 Å². The molecule has 2 aromatic rings. The summed E-state index contributed by atoms with van der Waals surface area (Å²) in [4.78, 5) is 0. The van der Waals surface area contributed by atoms with E-state index in [1.807, 2.05) is 18.2 Å². The van der Waals surface area contributed by atoms with Crippen LogP contribution in [0.15, 0.2) is 40.9 Å². The van der Waals surface area contributed by atoms with E-state index in [1.54, 1.807) is 12.1 Å². The van der Waals surface area contributed by atoms with Gasteiger partial charge in [0.05, 0.1) is 16.1 Å². The molecule has 0 aliphatic heterocycles. The highest BCUT2D eigenvalue weighted by atomic mass is 79.9. The first kappa shape index (κ1) is 14.5. The van der Waals surface area contributed by atoms with Gasteiger partial charge in [-0.15, -0.1) is 0 Å². The molecule has 3 nitrogen and oxygen atoms in total. The number of hydrogen-bond acceptors (Lipinski definition) is 3. The standard InChI is InChI=1S/C15H12BrFN2O/c16-14-6-10(7-18)1-2-15(14)20-9-12-3-11(8-19)4-13(17)5-12/h1-6H,7,9,18H2. The molecule has 0 saturated carbocycles. The Labute approximate surface area is 124 Å². The van der Waals surface area contributed by atoms with Crippen LogP contribution in [0, 0.1) is 17.1 Å². The van der Waals surface area contributed by atoms with Gasteiger partial charge < -0.3 is 10.5 Å². The number of nitrogens with two attached hydrogens (primary N) is 1. The number of ether oxygens (including phenoxy) is 1. The van der Waals surface area contributed by atoms with Gasteiger partial charge in [0.25, 0.3) is 0 Å². The summed E-state index contributed by atoms with van der Waals surface area (Å²) in [5.41, 5.74) is 7.42. The van der Waals surface area contributed by atoms with Gasteiger partial charge in [0.15, 0.2) is 0 Å². The van der Waals surface area contributed by atoms with Gasteiger partial charge in [-0.3, -0.25) is 0 Å². The van der Waals surface area contributed by atoms with Gasteiger partial charge >= 0.3 is 0 Å². The fourth-order valence-electron chi connectivity index (χ4n) is 1.75. The molecule has 0 amide bonds. The van der Waals surface area contributed by atoms with Crippen LogP contribution in [-0.2, 0) is 13.2 Å². The maximum absolute atomic E-state index is 13.3. The molecule has 0 bridgehead atoms. The lowest BCUT2D eigenvalue weighted by Crippen LogP contribution is -2.00. The number of halogens is 2. The maximum atomic E-state index is 13.3. The largest absolute Gasteiger partial charge is 0.488 e. The normalized spacial score (nSPS) is 10.1. The van der Waals surface area contributed by atoms with Crippen molar-refractivity contribution in [3.8, 4) is 11.8 Å². The van der Waals surface area contributed by atoms with E-state index in [4.69, 9.17) is 15.7 Å². The van der Waals surface area contributed by atoms with Gasteiger partial charge in [-0.05, 0) is 57.4 Å². The summed E-state index contributed by atoms with van der Waals surface area (Å²) in [6, 6.07) is 11.6. The van der Waals surface area contributed by atoms with Crippen LogP contribution < -0.4 is 10.5 Å². The molecule has 0 unspecified atom stereocenters. The van der Waals surface area contributed by atoms with E-state index in [1.165, 1.54) is 12.1 Å². The van der Waals surface area contributed by atoms with Crippen LogP contribution in [0.2, 0.25) is 0 Å². The Bertz CT molecular complexity index is 667. The highest BCUT2D eigenvalue weighted by Gasteiger charge is 2.05. The average molecular weight is 335 g/mol. The second kappa shape index (κ2) is 6.51. The summed E-state index contributed by atoms with van der Waals surface area (Å²) < 4.78 is 19.7. The summed E-state index contributed by atoms with van der Waals surface area (Å²) in [7, 11) is 0. The summed E-state index contributed by atoms with van der Waals surface area (Å²) in [6.07, 6.45) is 0. The van der Waals surface area contributed by atoms with Gasteiger partial charge in [-0.25, -0.2) is 4.39 Å². The minimum atomic E-state index is -0.444. The summed E-state index contributed by atoms with van der Waals surface area (Å²) >= 11 is 3.40. The Balaban J connectivity index is 2.13. The van der Waals surface area contributed by atoms with Crippen molar-refractivity contribution in [2.24, 2.45) is 5.73 Å². The van der Waals surface area contributed by atoms with Crippen LogP contribution in [0.3, 0.4) is 0 Å². The Morgan fingerprint density at radius 2 is 2.00 bits per heavy atom. The molecule has 5 heteroatoms. The molecule has 102 valence electrons. The number of rotatable bonds is 4. The lowest BCUT2D eigenvalue weighted by atomic mass is 10.1. The molecule has 0 fully saturated rings. The van der Waals surface area contributed by atoms with Crippen molar-refractivity contribution in [1.29, 1.82) is 5.26 Å². The molecule has 0 aliphatic rings. The average Bonchev–Trinajstić information content (AvgIpc) is 2.45. The molecular weight excluding hydrogens is 323 g/mol. The number of benzene rings is 2. The molecule has 2 rings (SSSR count). The quantitative estimate of drug-likeness (QED) is 0.930. The SMILES string of the molecule is N#Cc1cc(F)cc(COc2ccc(CN)cc2Br)c1. The molecule has 2 aromatic carbocycles. The first-order valence-electron chi connectivity index (χ1n) is 5.93. The van der Waals surface area contributed by atoms with E-state index in [-0.39, 0.29) is 12.2 Å². The van der Waals surface area contributed by atoms with Crippen molar-refractivity contribution < 1.29 is 9.13 Å². The van der Waals surface area contributed by atoms with E-state index < -0.39 is 5.82 Å². The zero-order chi connectivity index (χ0) is 14.5. The third-order valence-electron chi connectivity index (χ3n) is 2.71. The molecule has 0 aromatic heterocycles. The first-order chi connectivity index (χ1) is 9.62. The van der Waals surface area contributed by atoms with Crippen molar-refractivity contribution in [2.45, 2.75) is 13.2 Å². The molecule has 2 N–H and O–H groups in total. The van der Waals surface area contributed by atoms with E-state index in [9.17, 15) is 4.39 Å². The minimum absolute atomic E-state index is 0.188. The first-order valence-corrected chi connectivity index (χ1v) is 6.72. The smallest absolute Gasteiger partial charge is 0.134 e. The molecule has 0 saturated heterocycles. The van der Waals surface area contributed by atoms with E-state index >= 15 is 0 Å². The molecule has 0 radical (unpaired) electrons. The van der Waals surface area contributed by atoms with Crippen LogP contribution in [0.5, 0.6) is 5.75 Å². The van der Waals surface area contributed by atoms with Crippen LogP contribution in [0.4, 0.5) is 4.39 Å². The molecule has 0 atom stereocenters. The number of hydrogen-bond donors (Lipinski definition) is 1. The van der Waals surface area contributed by atoms with Crippen molar-refractivity contribution in [2.75, 3.05) is 0 Å². The van der Waals surface area contributed by atoms with Crippen molar-refractivity contribution in [1.82, 2.24) is 0 Å². The second-order valence-corrected chi connectivity index (χ2v) is 5.07. The Morgan fingerprint density at radius 3 is 2.65 bits per heavy atom. The third-order valence-corrected chi connectivity index (χ3v) is 3.33. The topological polar surface area (TPSA) is 59.0 Å². The monoisotopic (exact) mass is 334 g/mol. The molecule has 0 heterocycles. The second-order valence-electron chi connectivity index (χ2n) is 4.22. The lowest BCUT2D eigenvalue weighted by Gasteiger charge is -2.09. The lowest BCUT2D eigenvalue weighted by molar-refractivity contribution is 0.303. The van der Waals surface area contributed by atoms with Gasteiger partial charge in [0.2, 0.25) is 0 Å². The Hall–Kier alpha value is -1.90. The highest BCUT2D eigenvalue weighted by Crippen LogP contribution is 2.26. The number of nitriles is 1. The molecular formula is C15H12BrFN2O.